The van der Waals surface area contributed by atoms with Gasteiger partial charge in [0.2, 0.25) is 0 Å². The maximum Gasteiger partial charge on any atom is 0.144 e. The molecule has 40 heavy (non-hydrogen) atoms. The van der Waals surface area contributed by atoms with E-state index in [0.29, 0.717) is 0 Å². The van der Waals surface area contributed by atoms with Gasteiger partial charge in [0.05, 0.1) is 10.9 Å². The Labute approximate surface area is 233 Å². The summed E-state index contributed by atoms with van der Waals surface area (Å²) in [4.78, 5) is 9.35. The number of dihydropyridines is 1. The fraction of sp³-hybridized carbons (Fsp3) is 0.0811. The molecule has 0 N–H and O–H groups in total. The summed E-state index contributed by atoms with van der Waals surface area (Å²) < 4.78 is 2.31. The Morgan fingerprint density at radius 2 is 1.38 bits per heavy atom. The molecule has 1 atom stereocenters. The topological polar surface area (TPSA) is 30.2 Å². The Balaban J connectivity index is 1.37. The first-order chi connectivity index (χ1) is 19.9. The highest BCUT2D eigenvalue weighted by Gasteiger charge is 2.46. The molecule has 1 unspecified atom stereocenters. The van der Waals surface area contributed by atoms with Gasteiger partial charge < -0.3 is 4.57 Å². The van der Waals surface area contributed by atoms with Crippen molar-refractivity contribution in [2.75, 3.05) is 0 Å². The second kappa shape index (κ2) is 9.03. The van der Waals surface area contributed by atoms with Crippen molar-refractivity contribution in [2.45, 2.75) is 18.0 Å². The van der Waals surface area contributed by atoms with Crippen molar-refractivity contribution in [2.24, 2.45) is 4.99 Å². The Kier molecular flexibility index (Phi) is 5.17. The third kappa shape index (κ3) is 3.24. The van der Waals surface area contributed by atoms with Crippen LogP contribution in [0.2, 0.25) is 0 Å². The number of rotatable bonds is 4. The monoisotopic (exact) mass is 513 g/mol. The average Bonchev–Trinajstić information content (AvgIpc) is 3.60. The van der Waals surface area contributed by atoms with Gasteiger partial charge in [-0.3, -0.25) is 9.98 Å². The lowest BCUT2D eigenvalue weighted by Gasteiger charge is -2.33. The van der Waals surface area contributed by atoms with Crippen LogP contribution in [0.15, 0.2) is 151 Å². The molecule has 3 nitrogen and oxygen atoms in total. The van der Waals surface area contributed by atoms with Crippen LogP contribution < -0.4 is 0 Å². The SMILES string of the molecule is C1=CC(n2ccc3c4c(ccc32)C(c2ccccc2)(c2ccccc2)c2ccccc2-4)N=C(c2ccncc2)C1. The van der Waals surface area contributed by atoms with Crippen molar-refractivity contribution in [1.29, 1.82) is 0 Å². The predicted molar refractivity (Wildman–Crippen MR) is 163 cm³/mol. The Bertz CT molecular complexity index is 1880. The quantitative estimate of drug-likeness (QED) is 0.218. The van der Waals surface area contributed by atoms with E-state index in [0.717, 1.165) is 17.7 Å². The molecular formula is C37H27N3. The molecule has 0 amide bonds. The van der Waals surface area contributed by atoms with E-state index in [-0.39, 0.29) is 11.6 Å². The fourth-order valence-electron chi connectivity index (χ4n) is 6.86. The van der Waals surface area contributed by atoms with E-state index in [1.54, 1.807) is 0 Å². The molecule has 1 aliphatic heterocycles. The number of hydrogen-bond donors (Lipinski definition) is 0. The number of aliphatic imine (C=N–C) groups is 1. The molecule has 6 aromatic rings. The van der Waals surface area contributed by atoms with Crippen LogP contribution in [0, 0.1) is 0 Å². The predicted octanol–water partition coefficient (Wildman–Crippen LogP) is 8.35. The number of benzene rings is 4. The first-order valence-corrected chi connectivity index (χ1v) is 13.8. The van der Waals surface area contributed by atoms with E-state index < -0.39 is 0 Å². The van der Waals surface area contributed by atoms with Crippen LogP contribution in [0.3, 0.4) is 0 Å². The van der Waals surface area contributed by atoms with Gasteiger partial charge in [0.25, 0.3) is 0 Å². The van der Waals surface area contributed by atoms with Gasteiger partial charge in [0.1, 0.15) is 6.17 Å². The van der Waals surface area contributed by atoms with Crippen molar-refractivity contribution < 1.29 is 0 Å². The Morgan fingerprint density at radius 3 is 2.12 bits per heavy atom. The summed E-state index contributed by atoms with van der Waals surface area (Å²) in [6, 6.07) is 41.9. The molecule has 190 valence electrons. The van der Waals surface area contributed by atoms with E-state index in [1.807, 2.05) is 24.5 Å². The summed E-state index contributed by atoms with van der Waals surface area (Å²) in [7, 11) is 0. The van der Waals surface area contributed by atoms with Crippen LogP contribution in [0.1, 0.15) is 40.4 Å². The number of pyridine rings is 1. The molecular weight excluding hydrogens is 486 g/mol. The molecule has 0 fully saturated rings. The molecule has 3 heterocycles. The summed E-state index contributed by atoms with van der Waals surface area (Å²) in [6.45, 7) is 0. The third-order valence-electron chi connectivity index (χ3n) is 8.53. The molecule has 0 radical (unpaired) electrons. The Hall–Kier alpha value is -5.02. The van der Waals surface area contributed by atoms with E-state index in [1.165, 1.54) is 44.3 Å². The molecule has 2 aliphatic rings. The maximum atomic E-state index is 5.17. The maximum absolute atomic E-state index is 5.17. The highest BCUT2D eigenvalue weighted by molar-refractivity contribution is 6.04. The zero-order chi connectivity index (χ0) is 26.5. The van der Waals surface area contributed by atoms with Crippen LogP contribution in [0.4, 0.5) is 0 Å². The lowest BCUT2D eigenvalue weighted by molar-refractivity contribution is 0.649. The van der Waals surface area contributed by atoms with Gasteiger partial charge in [-0.15, -0.1) is 0 Å². The van der Waals surface area contributed by atoms with Gasteiger partial charge >= 0.3 is 0 Å². The van der Waals surface area contributed by atoms with Gasteiger partial charge in [-0.1, -0.05) is 97.1 Å². The standard InChI is InChI=1S/C37H27N3/c1-3-10-27(11-4-1)37(28-12-5-2-6-13-28)31-15-8-7-14-29(31)36-30-22-25-40(34(30)19-18-32(36)37)35-17-9-16-33(39-35)26-20-23-38-24-21-26/h1-15,17-25,35H,16H2. The average molecular weight is 514 g/mol. The van der Waals surface area contributed by atoms with Gasteiger partial charge in [-0.05, 0) is 69.3 Å². The first kappa shape index (κ1) is 22.9. The largest absolute Gasteiger partial charge is 0.321 e. The van der Waals surface area contributed by atoms with Crippen LogP contribution >= 0.6 is 0 Å². The summed E-state index contributed by atoms with van der Waals surface area (Å²) in [5, 5.41) is 1.26. The van der Waals surface area contributed by atoms with E-state index >= 15 is 0 Å². The molecule has 4 aromatic carbocycles. The second-order valence-electron chi connectivity index (χ2n) is 10.5. The summed E-state index contributed by atoms with van der Waals surface area (Å²) in [6.07, 6.45) is 11.1. The van der Waals surface area contributed by atoms with E-state index in [2.05, 4.69) is 131 Å². The van der Waals surface area contributed by atoms with Crippen molar-refractivity contribution in [1.82, 2.24) is 9.55 Å². The first-order valence-electron chi connectivity index (χ1n) is 13.8. The summed E-state index contributed by atoms with van der Waals surface area (Å²) >= 11 is 0. The third-order valence-corrected chi connectivity index (χ3v) is 8.53. The zero-order valence-electron chi connectivity index (χ0n) is 22.0. The minimum absolute atomic E-state index is 0.0860. The van der Waals surface area contributed by atoms with Crippen LogP contribution in [-0.4, -0.2) is 15.3 Å². The van der Waals surface area contributed by atoms with Gasteiger partial charge in [-0.25, -0.2) is 0 Å². The van der Waals surface area contributed by atoms with Gasteiger partial charge in [0, 0.05) is 36.1 Å². The summed E-state index contributed by atoms with van der Waals surface area (Å²) in [5.74, 6) is 0. The molecule has 8 rings (SSSR count). The van der Waals surface area contributed by atoms with Crippen molar-refractivity contribution in [3.63, 3.8) is 0 Å². The smallest absolute Gasteiger partial charge is 0.144 e. The number of fused-ring (bicyclic) bond motifs is 5. The van der Waals surface area contributed by atoms with Crippen molar-refractivity contribution in [3.05, 3.63) is 174 Å². The minimum Gasteiger partial charge on any atom is -0.321 e. The van der Waals surface area contributed by atoms with Crippen LogP contribution in [0.5, 0.6) is 0 Å². The second-order valence-corrected chi connectivity index (χ2v) is 10.5. The number of aromatic nitrogens is 2. The summed E-state index contributed by atoms with van der Waals surface area (Å²) in [5.41, 5.74) is 10.9. The number of hydrogen-bond acceptors (Lipinski definition) is 2. The Morgan fingerprint density at radius 1 is 0.675 bits per heavy atom. The molecule has 3 heteroatoms. The normalized spacial score (nSPS) is 16.9. The molecule has 0 spiro atoms. The highest BCUT2D eigenvalue weighted by atomic mass is 15.1. The lowest BCUT2D eigenvalue weighted by Crippen LogP contribution is -2.28. The van der Waals surface area contributed by atoms with E-state index in [4.69, 9.17) is 4.99 Å². The van der Waals surface area contributed by atoms with Crippen LogP contribution in [-0.2, 0) is 5.41 Å². The lowest BCUT2D eigenvalue weighted by atomic mass is 9.67. The minimum atomic E-state index is -0.387. The van der Waals surface area contributed by atoms with Crippen molar-refractivity contribution >= 4 is 16.6 Å². The van der Waals surface area contributed by atoms with Gasteiger partial charge in [-0.2, -0.15) is 0 Å². The highest BCUT2D eigenvalue weighted by Crippen LogP contribution is 2.57. The number of nitrogens with zero attached hydrogens (tertiary/aromatic N) is 3. The molecule has 2 aromatic heterocycles. The van der Waals surface area contributed by atoms with Crippen molar-refractivity contribution in [3.8, 4) is 11.1 Å². The molecule has 0 saturated carbocycles. The zero-order valence-corrected chi connectivity index (χ0v) is 22.0. The molecule has 0 saturated heterocycles. The van der Waals surface area contributed by atoms with E-state index in [9.17, 15) is 0 Å². The van der Waals surface area contributed by atoms with Crippen LogP contribution in [0.25, 0.3) is 22.0 Å². The van der Waals surface area contributed by atoms with Gasteiger partial charge in [0.15, 0.2) is 0 Å². The molecule has 1 aliphatic carbocycles. The fourth-order valence-corrected chi connectivity index (χ4v) is 6.86. The number of allylic oxidation sites excluding steroid dienone is 1. The molecule has 0 bridgehead atoms.